The number of fused-ring (bicyclic) bond motifs is 1. The number of halogens is 1. The van der Waals surface area contributed by atoms with Crippen LogP contribution in [0.5, 0.6) is 5.75 Å². The molecule has 0 unspecified atom stereocenters. The first-order chi connectivity index (χ1) is 11.9. The van der Waals surface area contributed by atoms with Crippen LogP contribution in [-0.2, 0) is 10.0 Å². The number of sulfonamides is 1. The van der Waals surface area contributed by atoms with Crippen molar-refractivity contribution < 1.29 is 17.5 Å². The van der Waals surface area contributed by atoms with Crippen LogP contribution < -0.4 is 9.46 Å². The molecule has 25 heavy (non-hydrogen) atoms. The van der Waals surface area contributed by atoms with E-state index < -0.39 is 21.4 Å². The fraction of sp³-hybridized carbons (Fsp3) is 0.368. The average Bonchev–Trinajstić information content (AvgIpc) is 2.61. The molecule has 0 bridgehead atoms. The number of hydrogen-bond donors (Lipinski definition) is 1. The summed E-state index contributed by atoms with van der Waals surface area (Å²) >= 11 is 0. The van der Waals surface area contributed by atoms with Crippen LogP contribution in [0.2, 0.25) is 0 Å². The Hall–Kier alpha value is -1.92. The Labute approximate surface area is 148 Å². The number of rotatable bonds is 5. The molecule has 1 aliphatic rings. The molecule has 2 aromatic carbocycles. The lowest BCUT2D eigenvalue weighted by atomic mass is 9.84. The molecule has 4 nitrogen and oxygen atoms in total. The third kappa shape index (κ3) is 3.55. The Morgan fingerprint density at radius 1 is 1.12 bits per heavy atom. The minimum atomic E-state index is -3.76. The maximum absolute atomic E-state index is 13.1. The van der Waals surface area contributed by atoms with Gasteiger partial charge in [0.15, 0.2) is 0 Å². The van der Waals surface area contributed by atoms with Gasteiger partial charge in [-0.05, 0) is 43.2 Å². The summed E-state index contributed by atoms with van der Waals surface area (Å²) < 4.78 is 47.5. The standard InChI is InChI=1S/C19H22FNO3S/c1-3-19(4-2)13-17(16-7-5-6-8-18(16)24-19)21-25(22,23)15-11-9-14(20)10-12-15/h5-12,17,21H,3-4,13H2,1-2H3/t17-/m0/s1. The van der Waals surface area contributed by atoms with Crippen LogP contribution in [0.15, 0.2) is 53.4 Å². The highest BCUT2D eigenvalue weighted by Gasteiger charge is 2.39. The molecule has 0 spiro atoms. The van der Waals surface area contributed by atoms with Gasteiger partial charge in [-0.25, -0.2) is 17.5 Å². The fourth-order valence-corrected chi connectivity index (χ4v) is 4.49. The zero-order chi connectivity index (χ0) is 18.1. The Balaban J connectivity index is 1.96. The van der Waals surface area contributed by atoms with Gasteiger partial charge in [-0.15, -0.1) is 0 Å². The van der Waals surface area contributed by atoms with Crippen molar-refractivity contribution in [3.05, 3.63) is 59.9 Å². The molecule has 1 N–H and O–H groups in total. The predicted molar refractivity (Wildman–Crippen MR) is 94.5 cm³/mol. The van der Waals surface area contributed by atoms with Crippen molar-refractivity contribution in [2.45, 2.75) is 49.6 Å². The maximum atomic E-state index is 13.1. The largest absolute Gasteiger partial charge is 0.487 e. The molecule has 0 saturated heterocycles. The molecule has 0 saturated carbocycles. The summed E-state index contributed by atoms with van der Waals surface area (Å²) in [5.74, 6) is 0.246. The quantitative estimate of drug-likeness (QED) is 0.867. The molecular formula is C19H22FNO3S. The van der Waals surface area contributed by atoms with E-state index in [4.69, 9.17) is 4.74 Å². The molecule has 1 heterocycles. The summed E-state index contributed by atoms with van der Waals surface area (Å²) in [6.45, 7) is 4.09. The van der Waals surface area contributed by atoms with Gasteiger partial charge >= 0.3 is 0 Å². The molecular weight excluding hydrogens is 341 g/mol. The fourth-order valence-electron chi connectivity index (χ4n) is 3.28. The van der Waals surface area contributed by atoms with Crippen LogP contribution in [0.3, 0.4) is 0 Å². The third-order valence-corrected chi connectivity index (χ3v) is 6.39. The molecule has 0 amide bonds. The van der Waals surface area contributed by atoms with Crippen LogP contribution in [0.25, 0.3) is 0 Å². The van der Waals surface area contributed by atoms with E-state index in [2.05, 4.69) is 4.72 Å². The smallest absolute Gasteiger partial charge is 0.241 e. The van der Waals surface area contributed by atoms with Gasteiger partial charge < -0.3 is 4.74 Å². The van der Waals surface area contributed by atoms with E-state index in [1.54, 1.807) is 0 Å². The van der Waals surface area contributed by atoms with E-state index in [-0.39, 0.29) is 10.9 Å². The minimum Gasteiger partial charge on any atom is -0.487 e. The molecule has 6 heteroatoms. The molecule has 0 radical (unpaired) electrons. The Bertz CT molecular complexity index is 845. The molecule has 134 valence electrons. The van der Waals surface area contributed by atoms with E-state index in [0.29, 0.717) is 12.2 Å². The van der Waals surface area contributed by atoms with E-state index in [1.807, 2.05) is 38.1 Å². The van der Waals surface area contributed by atoms with Gasteiger partial charge in [0.05, 0.1) is 10.9 Å². The summed E-state index contributed by atoms with van der Waals surface area (Å²) in [7, 11) is -3.76. The third-order valence-electron chi connectivity index (χ3n) is 4.91. The second kappa shape index (κ2) is 6.77. The first-order valence-electron chi connectivity index (χ1n) is 8.45. The van der Waals surface area contributed by atoms with E-state index in [1.165, 1.54) is 12.1 Å². The van der Waals surface area contributed by atoms with Crippen LogP contribution in [-0.4, -0.2) is 14.0 Å². The monoisotopic (exact) mass is 363 g/mol. The second-order valence-electron chi connectivity index (χ2n) is 6.36. The summed E-state index contributed by atoms with van der Waals surface area (Å²) in [6, 6.07) is 11.9. The van der Waals surface area contributed by atoms with Gasteiger partial charge in [-0.2, -0.15) is 0 Å². The lowest BCUT2D eigenvalue weighted by molar-refractivity contribution is 0.0260. The van der Waals surface area contributed by atoms with Gasteiger partial charge in [0.25, 0.3) is 0 Å². The second-order valence-corrected chi connectivity index (χ2v) is 8.08. The lowest BCUT2D eigenvalue weighted by Gasteiger charge is -2.41. The number of nitrogens with one attached hydrogen (secondary N) is 1. The van der Waals surface area contributed by atoms with Gasteiger partial charge in [-0.1, -0.05) is 32.0 Å². The van der Waals surface area contributed by atoms with Crippen LogP contribution >= 0.6 is 0 Å². The summed E-state index contributed by atoms with van der Waals surface area (Å²) in [6.07, 6.45) is 2.12. The zero-order valence-corrected chi connectivity index (χ0v) is 15.1. The van der Waals surface area contributed by atoms with Crippen molar-refractivity contribution in [1.82, 2.24) is 4.72 Å². The molecule has 0 fully saturated rings. The van der Waals surface area contributed by atoms with E-state index in [9.17, 15) is 12.8 Å². The lowest BCUT2D eigenvalue weighted by Crippen LogP contribution is -2.44. The van der Waals surface area contributed by atoms with Crippen LogP contribution in [0, 0.1) is 5.82 Å². The Kier molecular flexibility index (Phi) is 4.84. The first kappa shape index (κ1) is 17.9. The molecule has 0 aliphatic carbocycles. The van der Waals surface area contributed by atoms with Gasteiger partial charge in [0, 0.05) is 12.0 Å². The van der Waals surface area contributed by atoms with Gasteiger partial charge in [-0.3, -0.25) is 0 Å². The number of benzene rings is 2. The molecule has 1 atom stereocenters. The summed E-state index contributed by atoms with van der Waals surface area (Å²) in [4.78, 5) is 0.0523. The number of para-hydroxylation sites is 1. The predicted octanol–water partition coefficient (Wildman–Crippen LogP) is 4.19. The van der Waals surface area contributed by atoms with Gasteiger partial charge in [0.2, 0.25) is 10.0 Å². The minimum absolute atomic E-state index is 0.0523. The molecule has 3 rings (SSSR count). The van der Waals surface area contributed by atoms with E-state index >= 15 is 0 Å². The van der Waals surface area contributed by atoms with Crippen LogP contribution in [0.1, 0.15) is 44.7 Å². The topological polar surface area (TPSA) is 55.4 Å². The molecule has 2 aromatic rings. The molecule has 1 aliphatic heterocycles. The number of hydrogen-bond acceptors (Lipinski definition) is 3. The Morgan fingerprint density at radius 3 is 2.40 bits per heavy atom. The highest BCUT2D eigenvalue weighted by Crippen LogP contribution is 2.43. The number of ether oxygens (including phenoxy) is 1. The van der Waals surface area contributed by atoms with Crippen molar-refractivity contribution in [1.29, 1.82) is 0 Å². The zero-order valence-electron chi connectivity index (χ0n) is 14.3. The SMILES string of the molecule is CCC1(CC)C[C@H](NS(=O)(=O)c2ccc(F)cc2)c2ccccc2O1. The average molecular weight is 363 g/mol. The maximum Gasteiger partial charge on any atom is 0.241 e. The first-order valence-corrected chi connectivity index (χ1v) is 9.93. The van der Waals surface area contributed by atoms with Crippen LogP contribution in [0.4, 0.5) is 4.39 Å². The summed E-state index contributed by atoms with van der Waals surface area (Å²) in [5.41, 5.74) is 0.426. The highest BCUT2D eigenvalue weighted by molar-refractivity contribution is 7.89. The van der Waals surface area contributed by atoms with Crippen molar-refractivity contribution in [3.8, 4) is 5.75 Å². The summed E-state index contributed by atoms with van der Waals surface area (Å²) in [5, 5.41) is 0. The molecule has 0 aromatic heterocycles. The van der Waals surface area contributed by atoms with Crippen molar-refractivity contribution in [3.63, 3.8) is 0 Å². The Morgan fingerprint density at radius 2 is 1.76 bits per heavy atom. The highest BCUT2D eigenvalue weighted by atomic mass is 32.2. The van der Waals surface area contributed by atoms with E-state index in [0.717, 1.165) is 30.5 Å². The normalized spacial score (nSPS) is 19.1. The van der Waals surface area contributed by atoms with Crippen molar-refractivity contribution in [2.24, 2.45) is 0 Å². The van der Waals surface area contributed by atoms with Gasteiger partial charge in [0.1, 0.15) is 17.2 Å². The van der Waals surface area contributed by atoms with Crippen molar-refractivity contribution in [2.75, 3.05) is 0 Å². The van der Waals surface area contributed by atoms with Crippen molar-refractivity contribution >= 4 is 10.0 Å².